The highest BCUT2D eigenvalue weighted by molar-refractivity contribution is 6.29. The molecule has 160 valence electrons. The number of nitrogens with zero attached hydrogens (tertiary/aromatic N) is 5. The third-order valence-corrected chi connectivity index (χ3v) is 6.34. The van der Waals surface area contributed by atoms with Crippen molar-refractivity contribution in [3.8, 4) is 5.88 Å². The molecule has 3 aromatic rings. The molecule has 2 aliphatic rings. The number of rotatable bonds is 5. The van der Waals surface area contributed by atoms with Crippen LogP contribution >= 0.6 is 11.6 Å². The normalized spacial score (nSPS) is 17.6. The number of pyridine rings is 1. The molecule has 0 unspecified atom stereocenters. The number of benzene rings is 1. The molecule has 7 nitrogen and oxygen atoms in total. The third-order valence-electron chi connectivity index (χ3n) is 6.16. The summed E-state index contributed by atoms with van der Waals surface area (Å²) in [6, 6.07) is 14.1. The van der Waals surface area contributed by atoms with Crippen molar-refractivity contribution < 1.29 is 9.53 Å². The molecule has 5 rings (SSSR count). The lowest BCUT2D eigenvalue weighted by Gasteiger charge is -2.40. The fourth-order valence-corrected chi connectivity index (χ4v) is 4.42. The van der Waals surface area contributed by atoms with Gasteiger partial charge in [0.2, 0.25) is 0 Å². The van der Waals surface area contributed by atoms with Gasteiger partial charge in [0.1, 0.15) is 23.4 Å². The van der Waals surface area contributed by atoms with Gasteiger partial charge < -0.3 is 14.5 Å². The SMILES string of the molecule is CC(=O)C1CCN(c2cc(Cl)nnc2OC2CN(c3ccc4ccccc4n3)C2)CC1. The first-order chi connectivity index (χ1) is 15.1. The minimum atomic E-state index is 0.0113. The highest BCUT2D eigenvalue weighted by Crippen LogP contribution is 2.33. The Kier molecular flexibility index (Phi) is 5.36. The number of ether oxygens (including phenoxy) is 1. The molecule has 4 heterocycles. The Bertz CT molecular complexity index is 1110. The summed E-state index contributed by atoms with van der Waals surface area (Å²) in [7, 11) is 0. The number of fused-ring (bicyclic) bond motifs is 1. The molecule has 0 bridgehead atoms. The van der Waals surface area contributed by atoms with E-state index in [1.807, 2.05) is 24.3 Å². The lowest BCUT2D eigenvalue weighted by molar-refractivity contribution is -0.121. The van der Waals surface area contributed by atoms with Crippen molar-refractivity contribution in [2.45, 2.75) is 25.9 Å². The van der Waals surface area contributed by atoms with Crippen molar-refractivity contribution in [2.75, 3.05) is 36.0 Å². The summed E-state index contributed by atoms with van der Waals surface area (Å²) in [4.78, 5) is 20.8. The van der Waals surface area contributed by atoms with E-state index >= 15 is 0 Å². The maximum Gasteiger partial charge on any atom is 0.257 e. The zero-order valence-corrected chi connectivity index (χ0v) is 18.1. The van der Waals surface area contributed by atoms with E-state index < -0.39 is 0 Å². The second-order valence-corrected chi connectivity index (χ2v) is 8.62. The van der Waals surface area contributed by atoms with E-state index in [2.05, 4.69) is 32.1 Å². The van der Waals surface area contributed by atoms with Gasteiger partial charge in [-0.2, -0.15) is 0 Å². The molecule has 2 aliphatic heterocycles. The number of para-hydroxylation sites is 1. The lowest BCUT2D eigenvalue weighted by Crippen LogP contribution is -2.54. The number of hydrogen-bond acceptors (Lipinski definition) is 7. The standard InChI is InChI=1S/C23H24ClN5O2/c1-15(30)16-8-10-28(11-9-16)20-12-21(24)26-27-23(20)31-18-13-29(14-18)22-7-6-17-4-2-3-5-19(17)25-22/h2-7,12,16,18H,8-11,13-14H2,1H3. The van der Waals surface area contributed by atoms with E-state index in [0.717, 1.165) is 61.4 Å². The summed E-state index contributed by atoms with van der Waals surface area (Å²) < 4.78 is 6.19. The summed E-state index contributed by atoms with van der Waals surface area (Å²) in [5.74, 6) is 1.86. The topological polar surface area (TPSA) is 71.5 Å². The molecule has 1 aromatic carbocycles. The van der Waals surface area contributed by atoms with Crippen LogP contribution in [0.1, 0.15) is 19.8 Å². The van der Waals surface area contributed by atoms with Crippen LogP contribution in [0, 0.1) is 5.92 Å². The smallest absolute Gasteiger partial charge is 0.257 e. The van der Waals surface area contributed by atoms with Gasteiger partial charge >= 0.3 is 0 Å². The molecule has 0 radical (unpaired) electrons. The van der Waals surface area contributed by atoms with Gasteiger partial charge in [0.05, 0.1) is 18.6 Å². The van der Waals surface area contributed by atoms with Crippen molar-refractivity contribution in [1.29, 1.82) is 0 Å². The number of carbonyl (C=O) groups excluding carboxylic acids is 1. The van der Waals surface area contributed by atoms with Gasteiger partial charge in [0.15, 0.2) is 5.15 Å². The molecule has 8 heteroatoms. The molecule has 2 saturated heterocycles. The van der Waals surface area contributed by atoms with Gasteiger partial charge in [0, 0.05) is 30.5 Å². The van der Waals surface area contributed by atoms with E-state index in [1.54, 1.807) is 13.0 Å². The Balaban J connectivity index is 1.25. The molecular weight excluding hydrogens is 414 g/mol. The van der Waals surface area contributed by atoms with Crippen LogP contribution in [-0.2, 0) is 4.79 Å². The Morgan fingerprint density at radius 2 is 1.84 bits per heavy atom. The second-order valence-electron chi connectivity index (χ2n) is 8.24. The van der Waals surface area contributed by atoms with Gasteiger partial charge in [-0.15, -0.1) is 10.2 Å². The Labute approximate surface area is 186 Å². The number of anilines is 2. The maximum atomic E-state index is 11.7. The summed E-state index contributed by atoms with van der Waals surface area (Å²) in [5.41, 5.74) is 1.84. The van der Waals surface area contributed by atoms with Gasteiger partial charge in [0.25, 0.3) is 5.88 Å². The van der Waals surface area contributed by atoms with E-state index in [0.29, 0.717) is 11.0 Å². The molecule has 2 fully saturated rings. The molecule has 0 atom stereocenters. The second kappa shape index (κ2) is 8.30. The summed E-state index contributed by atoms with van der Waals surface area (Å²) >= 11 is 6.12. The van der Waals surface area contributed by atoms with E-state index in [-0.39, 0.29) is 17.8 Å². The zero-order valence-electron chi connectivity index (χ0n) is 17.4. The van der Waals surface area contributed by atoms with Gasteiger partial charge in [-0.25, -0.2) is 4.98 Å². The summed E-state index contributed by atoms with van der Waals surface area (Å²) in [5, 5.41) is 9.68. The molecule has 2 aromatic heterocycles. The number of hydrogen-bond donors (Lipinski definition) is 0. The zero-order chi connectivity index (χ0) is 21.4. The van der Waals surface area contributed by atoms with Crippen LogP contribution in [0.3, 0.4) is 0 Å². The third kappa shape index (κ3) is 4.14. The van der Waals surface area contributed by atoms with Crippen molar-refractivity contribution in [1.82, 2.24) is 15.2 Å². The van der Waals surface area contributed by atoms with Crippen LogP contribution in [0.15, 0.2) is 42.5 Å². The molecular formula is C23H24ClN5O2. The monoisotopic (exact) mass is 437 g/mol. The van der Waals surface area contributed by atoms with Gasteiger partial charge in [-0.3, -0.25) is 4.79 Å². The van der Waals surface area contributed by atoms with Crippen molar-refractivity contribution in [3.05, 3.63) is 47.6 Å². The maximum absolute atomic E-state index is 11.7. The molecule has 0 amide bonds. The van der Waals surface area contributed by atoms with Crippen LogP contribution in [0.4, 0.5) is 11.5 Å². The number of carbonyl (C=O) groups is 1. The number of halogens is 1. The largest absolute Gasteiger partial charge is 0.468 e. The quantitative estimate of drug-likeness (QED) is 0.601. The minimum absolute atomic E-state index is 0.0113. The van der Waals surface area contributed by atoms with Crippen molar-refractivity contribution in [2.24, 2.45) is 5.92 Å². The van der Waals surface area contributed by atoms with Crippen LogP contribution < -0.4 is 14.5 Å². The Morgan fingerprint density at radius 3 is 2.61 bits per heavy atom. The van der Waals surface area contributed by atoms with Crippen molar-refractivity contribution >= 4 is 39.8 Å². The predicted molar refractivity (Wildman–Crippen MR) is 121 cm³/mol. The van der Waals surface area contributed by atoms with E-state index in [4.69, 9.17) is 21.3 Å². The molecule has 0 spiro atoms. The van der Waals surface area contributed by atoms with Gasteiger partial charge in [-0.05, 0) is 38.0 Å². The molecule has 0 saturated carbocycles. The number of Topliss-reactive ketones (excluding diaryl/α,β-unsaturated/α-hetero) is 1. The van der Waals surface area contributed by atoms with Gasteiger partial charge in [-0.1, -0.05) is 29.8 Å². The first-order valence-electron chi connectivity index (χ1n) is 10.6. The minimum Gasteiger partial charge on any atom is -0.468 e. The Morgan fingerprint density at radius 1 is 1.06 bits per heavy atom. The predicted octanol–water partition coefficient (Wildman–Crippen LogP) is 3.75. The number of ketones is 1. The van der Waals surface area contributed by atoms with E-state index in [1.165, 1.54) is 0 Å². The highest BCUT2D eigenvalue weighted by atomic mass is 35.5. The first kappa shape index (κ1) is 20.0. The van der Waals surface area contributed by atoms with Crippen molar-refractivity contribution in [3.63, 3.8) is 0 Å². The average molecular weight is 438 g/mol. The summed E-state index contributed by atoms with van der Waals surface area (Å²) in [6.07, 6.45) is 1.68. The van der Waals surface area contributed by atoms with Crippen LogP contribution in [0.25, 0.3) is 10.9 Å². The molecule has 0 aliphatic carbocycles. The Hall–Kier alpha value is -2.93. The fraction of sp³-hybridized carbons (Fsp3) is 0.391. The summed E-state index contributed by atoms with van der Waals surface area (Å²) in [6.45, 7) is 4.70. The van der Waals surface area contributed by atoms with E-state index in [9.17, 15) is 4.79 Å². The number of aromatic nitrogens is 3. The molecule has 31 heavy (non-hydrogen) atoms. The average Bonchev–Trinajstić information content (AvgIpc) is 2.76. The number of piperidine rings is 1. The van der Waals surface area contributed by atoms with Crippen LogP contribution in [-0.4, -0.2) is 53.2 Å². The first-order valence-corrected chi connectivity index (χ1v) is 11.0. The highest BCUT2D eigenvalue weighted by Gasteiger charge is 2.32. The van der Waals surface area contributed by atoms with Crippen LogP contribution in [0.5, 0.6) is 5.88 Å². The van der Waals surface area contributed by atoms with Crippen LogP contribution in [0.2, 0.25) is 5.15 Å². The molecule has 0 N–H and O–H groups in total. The lowest BCUT2D eigenvalue weighted by atomic mass is 9.93. The fourth-order valence-electron chi connectivity index (χ4n) is 4.27.